The molecule has 31 heavy (non-hydrogen) atoms. The minimum atomic E-state index is -0.980. The Morgan fingerprint density at radius 2 is 1.97 bits per heavy atom. The van der Waals surface area contributed by atoms with Gasteiger partial charge in [-0.3, -0.25) is 14.5 Å². The van der Waals surface area contributed by atoms with E-state index in [1.807, 2.05) is 53.1 Å². The molecule has 3 aromatic rings. The summed E-state index contributed by atoms with van der Waals surface area (Å²) in [6, 6.07) is 15.0. The molecule has 1 aliphatic heterocycles. The van der Waals surface area contributed by atoms with Gasteiger partial charge >= 0.3 is 5.97 Å². The second-order valence-corrected chi connectivity index (χ2v) is 9.09. The van der Waals surface area contributed by atoms with Crippen molar-refractivity contribution in [1.29, 1.82) is 0 Å². The fourth-order valence-electron chi connectivity index (χ4n) is 4.14. The molecule has 4 rings (SSSR count). The Bertz CT molecular complexity index is 1120. The molecule has 0 saturated heterocycles. The molecule has 0 unspecified atom stereocenters. The average Bonchev–Trinajstić information content (AvgIpc) is 3.11. The first-order valence-electron chi connectivity index (χ1n) is 10.6. The molecule has 7 heteroatoms. The number of benzene rings is 2. The molecule has 0 spiro atoms. The molecule has 6 nitrogen and oxygen atoms in total. The second-order valence-electron chi connectivity index (χ2n) is 8.17. The fourth-order valence-corrected chi connectivity index (χ4v) is 4.56. The van der Waals surface area contributed by atoms with Crippen LogP contribution in [0.3, 0.4) is 0 Å². The Hall–Kier alpha value is -2.67. The summed E-state index contributed by atoms with van der Waals surface area (Å²) in [7, 11) is 0. The van der Waals surface area contributed by atoms with Gasteiger partial charge in [0.25, 0.3) is 0 Å². The van der Waals surface area contributed by atoms with Crippen LogP contribution >= 0.6 is 15.9 Å². The molecule has 1 aliphatic rings. The first-order valence-corrected chi connectivity index (χ1v) is 11.4. The first kappa shape index (κ1) is 21.6. The van der Waals surface area contributed by atoms with E-state index in [2.05, 4.69) is 29.8 Å². The summed E-state index contributed by atoms with van der Waals surface area (Å²) >= 11 is 3.53. The van der Waals surface area contributed by atoms with Gasteiger partial charge in [0, 0.05) is 11.0 Å². The SMILES string of the molecule is CCOC(=O)[C@H]1C(=O)N(CCC(C)C)c2nc3ccccc3n2[C@H]1c1cccc(Br)c1. The highest BCUT2D eigenvalue weighted by Gasteiger charge is 2.47. The smallest absolute Gasteiger partial charge is 0.321 e. The number of ether oxygens (including phenoxy) is 1. The molecule has 0 fully saturated rings. The molecule has 0 saturated carbocycles. The molecule has 162 valence electrons. The number of carbonyl (C=O) groups excluding carboxylic acids is 2. The Kier molecular flexibility index (Phi) is 6.14. The van der Waals surface area contributed by atoms with Crippen molar-refractivity contribution in [2.75, 3.05) is 18.1 Å². The van der Waals surface area contributed by atoms with Crippen molar-refractivity contribution in [3.63, 3.8) is 0 Å². The number of esters is 1. The van der Waals surface area contributed by atoms with Gasteiger partial charge in [-0.2, -0.15) is 0 Å². The lowest BCUT2D eigenvalue weighted by Crippen LogP contribution is -2.50. The van der Waals surface area contributed by atoms with Crippen molar-refractivity contribution in [3.8, 4) is 0 Å². The molecule has 0 aliphatic carbocycles. The van der Waals surface area contributed by atoms with Gasteiger partial charge in [-0.25, -0.2) is 4.98 Å². The number of hydrogen-bond acceptors (Lipinski definition) is 4. The maximum Gasteiger partial charge on any atom is 0.321 e. The van der Waals surface area contributed by atoms with Gasteiger partial charge in [0.05, 0.1) is 23.7 Å². The maximum atomic E-state index is 13.7. The fraction of sp³-hybridized carbons (Fsp3) is 0.375. The van der Waals surface area contributed by atoms with Gasteiger partial charge in [0.2, 0.25) is 11.9 Å². The van der Waals surface area contributed by atoms with Crippen LogP contribution in [0.1, 0.15) is 38.8 Å². The summed E-state index contributed by atoms with van der Waals surface area (Å²) in [5.74, 6) is -0.749. The van der Waals surface area contributed by atoms with E-state index < -0.39 is 17.9 Å². The quantitative estimate of drug-likeness (QED) is 0.367. The van der Waals surface area contributed by atoms with E-state index >= 15 is 0 Å². The third-order valence-corrected chi connectivity index (χ3v) is 6.10. The number of imidazole rings is 1. The van der Waals surface area contributed by atoms with Crippen molar-refractivity contribution in [2.45, 2.75) is 33.2 Å². The number of rotatable bonds is 6. The molecule has 2 heterocycles. The molecular weight excluding hydrogens is 458 g/mol. The lowest BCUT2D eigenvalue weighted by molar-refractivity contribution is -0.153. The van der Waals surface area contributed by atoms with Crippen LogP contribution in [0.2, 0.25) is 0 Å². The molecule has 1 aromatic heterocycles. The van der Waals surface area contributed by atoms with Crippen molar-refractivity contribution in [1.82, 2.24) is 9.55 Å². The third-order valence-electron chi connectivity index (χ3n) is 5.61. The van der Waals surface area contributed by atoms with E-state index in [1.165, 1.54) is 0 Å². The van der Waals surface area contributed by atoms with Gasteiger partial charge in [-0.1, -0.05) is 54.0 Å². The van der Waals surface area contributed by atoms with Crippen LogP contribution in [-0.2, 0) is 14.3 Å². The summed E-state index contributed by atoms with van der Waals surface area (Å²) in [4.78, 5) is 33.3. The number of nitrogens with zero attached hydrogens (tertiary/aromatic N) is 3. The van der Waals surface area contributed by atoms with Crippen molar-refractivity contribution in [2.24, 2.45) is 11.8 Å². The van der Waals surface area contributed by atoms with E-state index in [-0.39, 0.29) is 12.5 Å². The number of para-hydroxylation sites is 2. The maximum absolute atomic E-state index is 13.7. The van der Waals surface area contributed by atoms with Crippen molar-refractivity contribution >= 4 is 44.8 Å². The van der Waals surface area contributed by atoms with E-state index in [4.69, 9.17) is 9.72 Å². The van der Waals surface area contributed by atoms with Crippen LogP contribution in [0.5, 0.6) is 0 Å². The number of carbonyl (C=O) groups is 2. The minimum absolute atomic E-state index is 0.220. The molecule has 2 atom stereocenters. The van der Waals surface area contributed by atoms with Gasteiger partial charge in [-0.05, 0) is 49.1 Å². The lowest BCUT2D eigenvalue weighted by Gasteiger charge is -2.38. The molecule has 2 aromatic carbocycles. The van der Waals surface area contributed by atoms with Gasteiger partial charge in [-0.15, -0.1) is 0 Å². The molecule has 0 radical (unpaired) electrons. The van der Waals surface area contributed by atoms with Gasteiger partial charge in [0.1, 0.15) is 0 Å². The Morgan fingerprint density at radius 1 is 1.19 bits per heavy atom. The predicted octanol–water partition coefficient (Wildman–Crippen LogP) is 4.96. The summed E-state index contributed by atoms with van der Waals surface area (Å²) in [5, 5.41) is 0. The second kappa shape index (κ2) is 8.83. The van der Waals surface area contributed by atoms with E-state index in [0.29, 0.717) is 18.4 Å². The number of halogens is 1. The number of amides is 1. The van der Waals surface area contributed by atoms with E-state index in [1.54, 1.807) is 11.8 Å². The minimum Gasteiger partial charge on any atom is -0.465 e. The van der Waals surface area contributed by atoms with Crippen LogP contribution in [0.4, 0.5) is 5.95 Å². The van der Waals surface area contributed by atoms with Crippen LogP contribution in [0.15, 0.2) is 53.0 Å². The summed E-state index contributed by atoms with van der Waals surface area (Å²) in [5.41, 5.74) is 2.54. The lowest BCUT2D eigenvalue weighted by atomic mass is 9.89. The standard InChI is InChI=1S/C24H26BrN3O3/c1-4-31-23(30)20-21(16-8-7-9-17(25)14-16)28-19-11-6-5-10-18(19)26-24(28)27(22(20)29)13-12-15(2)3/h5-11,14-15,20-21H,4,12-13H2,1-3H3/t20-,21+/m1/s1. The number of aromatic nitrogens is 2. The average molecular weight is 484 g/mol. The highest BCUT2D eigenvalue weighted by molar-refractivity contribution is 9.10. The Balaban J connectivity index is 1.97. The number of anilines is 1. The molecular formula is C24H26BrN3O3. The number of fused-ring (bicyclic) bond motifs is 3. The highest BCUT2D eigenvalue weighted by atomic mass is 79.9. The Labute approximate surface area is 190 Å². The molecule has 0 N–H and O–H groups in total. The number of hydrogen-bond donors (Lipinski definition) is 0. The monoisotopic (exact) mass is 483 g/mol. The highest BCUT2D eigenvalue weighted by Crippen LogP contribution is 2.41. The zero-order chi connectivity index (χ0) is 22.1. The normalized spacial score (nSPS) is 18.5. The zero-order valence-corrected chi connectivity index (χ0v) is 19.5. The van der Waals surface area contributed by atoms with Crippen molar-refractivity contribution in [3.05, 3.63) is 58.6 Å². The summed E-state index contributed by atoms with van der Waals surface area (Å²) < 4.78 is 8.29. The van der Waals surface area contributed by atoms with Crippen LogP contribution in [-0.4, -0.2) is 34.6 Å². The predicted molar refractivity (Wildman–Crippen MR) is 124 cm³/mol. The van der Waals surface area contributed by atoms with Crippen molar-refractivity contribution < 1.29 is 14.3 Å². The summed E-state index contributed by atoms with van der Waals surface area (Å²) in [6.45, 7) is 6.71. The largest absolute Gasteiger partial charge is 0.465 e. The van der Waals surface area contributed by atoms with E-state index in [9.17, 15) is 9.59 Å². The first-order chi connectivity index (χ1) is 14.9. The Morgan fingerprint density at radius 3 is 2.68 bits per heavy atom. The zero-order valence-electron chi connectivity index (χ0n) is 17.9. The van der Waals surface area contributed by atoms with Gasteiger partial charge < -0.3 is 9.30 Å². The summed E-state index contributed by atoms with van der Waals surface area (Å²) in [6.07, 6.45) is 0.812. The third kappa shape index (κ3) is 3.99. The molecule has 0 bridgehead atoms. The van der Waals surface area contributed by atoms with Gasteiger partial charge in [0.15, 0.2) is 5.92 Å². The van der Waals surface area contributed by atoms with E-state index in [0.717, 1.165) is 27.5 Å². The topological polar surface area (TPSA) is 64.4 Å². The van der Waals surface area contributed by atoms with Crippen LogP contribution in [0, 0.1) is 11.8 Å². The van der Waals surface area contributed by atoms with Crippen LogP contribution in [0.25, 0.3) is 11.0 Å². The van der Waals surface area contributed by atoms with Crippen LogP contribution < -0.4 is 4.90 Å². The molecule has 1 amide bonds.